The van der Waals surface area contributed by atoms with E-state index in [2.05, 4.69) is 9.97 Å². The third kappa shape index (κ3) is 4.46. The Morgan fingerprint density at radius 2 is 1.87 bits per heavy atom. The van der Waals surface area contributed by atoms with Crippen LogP contribution in [-0.4, -0.2) is 42.5 Å². The van der Waals surface area contributed by atoms with Crippen molar-refractivity contribution in [2.24, 2.45) is 0 Å². The van der Waals surface area contributed by atoms with Gasteiger partial charge in [0.1, 0.15) is 10.7 Å². The van der Waals surface area contributed by atoms with Gasteiger partial charge in [0.25, 0.3) is 5.56 Å². The smallest absolute Gasteiger partial charge is 0.259 e. The van der Waals surface area contributed by atoms with Crippen LogP contribution >= 0.6 is 11.3 Å². The van der Waals surface area contributed by atoms with Crippen molar-refractivity contribution in [2.45, 2.75) is 44.6 Å². The van der Waals surface area contributed by atoms with Gasteiger partial charge in [-0.25, -0.2) is 13.4 Å². The zero-order valence-electron chi connectivity index (χ0n) is 17.6. The van der Waals surface area contributed by atoms with Crippen molar-refractivity contribution < 1.29 is 13.2 Å². The fourth-order valence-corrected chi connectivity index (χ4v) is 4.93. The number of aromatic amines is 1. The van der Waals surface area contributed by atoms with Gasteiger partial charge in [0, 0.05) is 31.0 Å². The normalized spacial score (nSPS) is 12.8. The average Bonchev–Trinajstić information content (AvgIpc) is 2.98. The number of nitrogens with one attached hydrogen (secondary N) is 1. The van der Waals surface area contributed by atoms with Crippen LogP contribution in [0.3, 0.4) is 0 Å². The van der Waals surface area contributed by atoms with Crippen molar-refractivity contribution in [3.8, 4) is 0 Å². The molecule has 2 heterocycles. The van der Waals surface area contributed by atoms with Crippen molar-refractivity contribution in [2.75, 3.05) is 13.3 Å². The van der Waals surface area contributed by atoms with Crippen molar-refractivity contribution >= 4 is 37.3 Å². The number of fused-ring (bicyclic) bond motifs is 1. The van der Waals surface area contributed by atoms with Gasteiger partial charge in [0.2, 0.25) is 5.91 Å². The van der Waals surface area contributed by atoms with Crippen LogP contribution in [0.4, 0.5) is 0 Å². The van der Waals surface area contributed by atoms with Gasteiger partial charge in [0.15, 0.2) is 9.84 Å². The molecule has 0 aliphatic rings. The maximum atomic E-state index is 12.7. The molecule has 1 unspecified atom stereocenters. The van der Waals surface area contributed by atoms with Crippen molar-refractivity contribution in [1.29, 1.82) is 0 Å². The van der Waals surface area contributed by atoms with Gasteiger partial charge in [-0.3, -0.25) is 9.59 Å². The summed E-state index contributed by atoms with van der Waals surface area (Å²) in [6.45, 7) is 5.76. The second-order valence-corrected chi connectivity index (χ2v) is 10.7. The number of carbonyl (C=O) groups excluding carboxylic acids is 1. The number of thiophene rings is 1. The van der Waals surface area contributed by atoms with Crippen LogP contribution in [0.25, 0.3) is 10.2 Å². The Bertz CT molecular complexity index is 1260. The lowest BCUT2D eigenvalue weighted by Crippen LogP contribution is -2.30. The minimum atomic E-state index is -3.26. The highest BCUT2D eigenvalue weighted by Crippen LogP contribution is 2.26. The molecule has 2 aromatic heterocycles. The standard InChI is InChI=1S/C21H25N3O4S2/c1-12-14(3)29-21-19(12)20(26)22-17(23-21)10-11-18(25)24(4)13(2)15-6-8-16(9-7-15)30(5,27)28/h6-9,13H,10-11H2,1-5H3,(H,22,23,26). The van der Waals surface area contributed by atoms with E-state index >= 15 is 0 Å². The highest BCUT2D eigenvalue weighted by Gasteiger charge is 2.19. The zero-order valence-corrected chi connectivity index (χ0v) is 19.3. The number of carbonyl (C=O) groups is 1. The van der Waals surface area contributed by atoms with Crippen LogP contribution in [0.2, 0.25) is 0 Å². The van der Waals surface area contributed by atoms with E-state index in [1.165, 1.54) is 11.3 Å². The first-order valence-electron chi connectivity index (χ1n) is 9.53. The lowest BCUT2D eigenvalue weighted by atomic mass is 10.1. The van der Waals surface area contributed by atoms with E-state index in [1.807, 2.05) is 20.8 Å². The Labute approximate surface area is 179 Å². The zero-order chi connectivity index (χ0) is 22.2. The van der Waals surface area contributed by atoms with Gasteiger partial charge in [-0.1, -0.05) is 12.1 Å². The number of hydrogen-bond donors (Lipinski definition) is 1. The summed E-state index contributed by atoms with van der Waals surface area (Å²) in [5.41, 5.74) is 1.62. The van der Waals surface area contributed by atoms with E-state index in [0.29, 0.717) is 22.5 Å². The van der Waals surface area contributed by atoms with Crippen molar-refractivity contribution in [3.05, 3.63) is 56.4 Å². The molecule has 0 radical (unpaired) electrons. The predicted molar refractivity (Wildman–Crippen MR) is 119 cm³/mol. The van der Waals surface area contributed by atoms with Crippen molar-refractivity contribution in [1.82, 2.24) is 14.9 Å². The van der Waals surface area contributed by atoms with E-state index in [0.717, 1.165) is 22.3 Å². The summed E-state index contributed by atoms with van der Waals surface area (Å²) in [6, 6.07) is 6.32. The van der Waals surface area contributed by atoms with E-state index in [-0.39, 0.29) is 28.8 Å². The first-order chi connectivity index (χ1) is 14.0. The monoisotopic (exact) mass is 447 g/mol. The van der Waals surface area contributed by atoms with Gasteiger partial charge in [-0.15, -0.1) is 11.3 Å². The Morgan fingerprint density at radius 1 is 1.23 bits per heavy atom. The number of hydrogen-bond acceptors (Lipinski definition) is 6. The Kier molecular flexibility index (Phi) is 6.14. The molecule has 160 valence electrons. The fourth-order valence-electron chi connectivity index (χ4n) is 3.25. The second kappa shape index (κ2) is 8.31. The summed E-state index contributed by atoms with van der Waals surface area (Å²) < 4.78 is 23.2. The highest BCUT2D eigenvalue weighted by molar-refractivity contribution is 7.90. The van der Waals surface area contributed by atoms with Gasteiger partial charge in [-0.2, -0.15) is 0 Å². The van der Waals surface area contributed by atoms with Gasteiger partial charge in [0.05, 0.1) is 16.3 Å². The van der Waals surface area contributed by atoms with E-state index in [1.54, 1.807) is 36.2 Å². The largest absolute Gasteiger partial charge is 0.339 e. The minimum Gasteiger partial charge on any atom is -0.339 e. The van der Waals surface area contributed by atoms with Crippen LogP contribution in [0.1, 0.15) is 41.2 Å². The molecule has 9 heteroatoms. The summed E-state index contributed by atoms with van der Waals surface area (Å²) >= 11 is 1.48. The Morgan fingerprint density at radius 3 is 2.47 bits per heavy atom. The second-order valence-electron chi connectivity index (χ2n) is 7.50. The van der Waals surface area contributed by atoms with Crippen LogP contribution in [-0.2, 0) is 21.1 Å². The minimum absolute atomic E-state index is 0.0871. The molecule has 0 bridgehead atoms. The first-order valence-corrected chi connectivity index (χ1v) is 12.2. The Hall–Kier alpha value is -2.52. The quantitative estimate of drug-likeness (QED) is 0.626. The van der Waals surface area contributed by atoms with Gasteiger partial charge in [-0.05, 0) is 44.0 Å². The van der Waals surface area contributed by atoms with Gasteiger partial charge < -0.3 is 9.88 Å². The topological polar surface area (TPSA) is 100 Å². The molecule has 3 aromatic rings. The number of benzene rings is 1. The summed E-state index contributed by atoms with van der Waals surface area (Å²) in [5.74, 6) is 0.414. The summed E-state index contributed by atoms with van der Waals surface area (Å²) in [7, 11) is -1.55. The number of sulfone groups is 1. The number of amides is 1. The predicted octanol–water partition coefficient (Wildman–Crippen LogP) is 3.16. The molecular weight excluding hydrogens is 422 g/mol. The molecule has 0 saturated carbocycles. The summed E-state index contributed by atoms with van der Waals surface area (Å²) in [6.07, 6.45) is 1.71. The Balaban J connectivity index is 1.70. The molecule has 1 aromatic carbocycles. The number of rotatable bonds is 6. The highest BCUT2D eigenvalue weighted by atomic mass is 32.2. The number of nitrogens with zero attached hydrogens (tertiary/aromatic N) is 2. The molecular formula is C21H25N3O4S2. The molecule has 3 rings (SSSR count). The maximum absolute atomic E-state index is 12.7. The lowest BCUT2D eigenvalue weighted by molar-refractivity contribution is -0.131. The van der Waals surface area contributed by atoms with Crippen LogP contribution < -0.4 is 5.56 Å². The molecule has 0 spiro atoms. The molecule has 30 heavy (non-hydrogen) atoms. The van der Waals surface area contributed by atoms with E-state index in [4.69, 9.17) is 0 Å². The van der Waals surface area contributed by atoms with Crippen LogP contribution in [0.15, 0.2) is 34.0 Å². The number of H-pyrrole nitrogens is 1. The number of aryl methyl sites for hydroxylation is 3. The molecule has 1 amide bonds. The van der Waals surface area contributed by atoms with Gasteiger partial charge >= 0.3 is 0 Å². The number of aromatic nitrogens is 2. The fraction of sp³-hybridized carbons (Fsp3) is 0.381. The molecule has 1 atom stereocenters. The van der Waals surface area contributed by atoms with Crippen molar-refractivity contribution in [3.63, 3.8) is 0 Å². The molecule has 7 nitrogen and oxygen atoms in total. The summed E-state index contributed by atoms with van der Waals surface area (Å²) in [5, 5.41) is 0.621. The molecule has 0 aliphatic carbocycles. The molecule has 0 aliphatic heterocycles. The van der Waals surface area contributed by atoms with E-state index < -0.39 is 9.84 Å². The van der Waals surface area contributed by atoms with Crippen LogP contribution in [0.5, 0.6) is 0 Å². The maximum Gasteiger partial charge on any atom is 0.259 e. The third-order valence-corrected chi connectivity index (χ3v) is 7.66. The molecule has 0 saturated heterocycles. The van der Waals surface area contributed by atoms with Crippen LogP contribution in [0, 0.1) is 13.8 Å². The summed E-state index contributed by atoms with van der Waals surface area (Å²) in [4.78, 5) is 36.0. The average molecular weight is 448 g/mol. The SMILES string of the molecule is Cc1sc2nc(CCC(=O)N(C)C(C)c3ccc(S(C)(=O)=O)cc3)[nH]c(=O)c2c1C. The lowest BCUT2D eigenvalue weighted by Gasteiger charge is -2.25. The molecule has 0 fully saturated rings. The third-order valence-electron chi connectivity index (χ3n) is 5.43. The molecule has 1 N–H and O–H groups in total. The first kappa shape index (κ1) is 22.2. The van der Waals surface area contributed by atoms with E-state index in [9.17, 15) is 18.0 Å².